The first kappa shape index (κ1) is 27.7. The van der Waals surface area contributed by atoms with Crippen molar-refractivity contribution in [2.75, 3.05) is 50.7 Å². The zero-order valence-corrected chi connectivity index (χ0v) is 23.2. The second kappa shape index (κ2) is 13.5. The van der Waals surface area contributed by atoms with Gasteiger partial charge in [-0.15, -0.1) is 0 Å². The van der Waals surface area contributed by atoms with Crippen LogP contribution in [0.15, 0.2) is 78.9 Å². The number of carbonyl (C=O) groups is 1. The Labute approximate surface area is 237 Å². The van der Waals surface area contributed by atoms with Crippen LogP contribution < -0.4 is 9.64 Å². The molecule has 3 aromatic rings. The Morgan fingerprint density at radius 2 is 1.62 bits per heavy atom. The van der Waals surface area contributed by atoms with E-state index in [9.17, 15) is 4.79 Å². The summed E-state index contributed by atoms with van der Waals surface area (Å²) in [7, 11) is 0. The van der Waals surface area contributed by atoms with Gasteiger partial charge in [-0.2, -0.15) is 5.26 Å². The maximum atomic E-state index is 13.1. The number of anilines is 1. The fourth-order valence-electron chi connectivity index (χ4n) is 5.42. The van der Waals surface area contributed by atoms with Gasteiger partial charge < -0.3 is 19.3 Å². The van der Waals surface area contributed by atoms with E-state index in [0.717, 1.165) is 38.3 Å². The van der Waals surface area contributed by atoms with Crippen LogP contribution in [0.5, 0.6) is 5.75 Å². The molecule has 0 aliphatic carbocycles. The maximum Gasteiger partial charge on any atom is 0.263 e. The van der Waals surface area contributed by atoms with Gasteiger partial charge in [-0.05, 0) is 67.3 Å². The van der Waals surface area contributed by atoms with Crippen molar-refractivity contribution in [2.45, 2.75) is 38.6 Å². The van der Waals surface area contributed by atoms with E-state index >= 15 is 0 Å². The zero-order chi connectivity index (χ0) is 27.7. The largest absolute Gasteiger partial charge is 0.481 e. The molecule has 1 amide bonds. The lowest BCUT2D eigenvalue weighted by atomic mass is 10.1. The van der Waals surface area contributed by atoms with E-state index in [-0.39, 0.29) is 12.0 Å². The minimum atomic E-state index is -0.522. The summed E-state index contributed by atoms with van der Waals surface area (Å²) >= 11 is 0. The van der Waals surface area contributed by atoms with Gasteiger partial charge in [0.15, 0.2) is 6.10 Å². The molecule has 0 spiro atoms. The lowest BCUT2D eigenvalue weighted by molar-refractivity contribution is -0.140. The molecule has 0 radical (unpaired) electrons. The second-order valence-corrected chi connectivity index (χ2v) is 10.6. The second-order valence-electron chi connectivity index (χ2n) is 10.6. The number of benzene rings is 3. The molecule has 2 fully saturated rings. The molecule has 0 bridgehead atoms. The standard InChI is InChI=1S/C33H38N4O3/c1-26(40-31-10-3-2-4-11-31)33(38)37-20-18-35(19-21-37)24-32(39-25-28-14-12-27(23-34)13-15-28)29-8-7-9-30(22-29)36-16-5-6-17-36/h2-4,7-15,22,26,32H,5-6,16-21,24-25H2,1H3/t26-,32+/m1/s1. The molecule has 0 aromatic heterocycles. The molecule has 40 heavy (non-hydrogen) atoms. The minimum absolute atomic E-state index is 0.0235. The van der Waals surface area contributed by atoms with E-state index in [1.807, 2.05) is 66.4 Å². The molecule has 7 heteroatoms. The summed E-state index contributed by atoms with van der Waals surface area (Å²) in [5.74, 6) is 0.732. The predicted octanol–water partition coefficient (Wildman–Crippen LogP) is 5.03. The number of nitrogens with zero attached hydrogens (tertiary/aromatic N) is 4. The molecule has 2 heterocycles. The van der Waals surface area contributed by atoms with Gasteiger partial charge in [-0.3, -0.25) is 9.69 Å². The van der Waals surface area contributed by atoms with Crippen molar-refractivity contribution in [3.05, 3.63) is 95.6 Å². The fourth-order valence-corrected chi connectivity index (χ4v) is 5.42. The van der Waals surface area contributed by atoms with Gasteiger partial charge in [-0.1, -0.05) is 42.5 Å². The average molecular weight is 539 g/mol. The monoisotopic (exact) mass is 538 g/mol. The quantitative estimate of drug-likeness (QED) is 0.361. The van der Waals surface area contributed by atoms with Crippen molar-refractivity contribution < 1.29 is 14.3 Å². The Kier molecular flexibility index (Phi) is 9.33. The Hall–Kier alpha value is -3.86. The predicted molar refractivity (Wildman–Crippen MR) is 156 cm³/mol. The van der Waals surface area contributed by atoms with Crippen LogP contribution in [-0.2, 0) is 16.1 Å². The van der Waals surface area contributed by atoms with Gasteiger partial charge in [0.25, 0.3) is 5.91 Å². The summed E-state index contributed by atoms with van der Waals surface area (Å²) in [5, 5.41) is 9.12. The summed E-state index contributed by atoms with van der Waals surface area (Å²) in [6, 6.07) is 28.0. The van der Waals surface area contributed by atoms with E-state index in [1.54, 1.807) is 0 Å². The number of carbonyl (C=O) groups excluding carboxylic acids is 1. The molecular weight excluding hydrogens is 500 g/mol. The van der Waals surface area contributed by atoms with Crippen LogP contribution in [0.3, 0.4) is 0 Å². The van der Waals surface area contributed by atoms with Gasteiger partial charge in [0.2, 0.25) is 0 Å². The van der Waals surface area contributed by atoms with Gasteiger partial charge in [0.05, 0.1) is 24.3 Å². The van der Waals surface area contributed by atoms with Crippen LogP contribution in [0.2, 0.25) is 0 Å². The number of para-hydroxylation sites is 1. The summed E-state index contributed by atoms with van der Waals surface area (Å²) in [5.41, 5.74) is 4.11. The lowest BCUT2D eigenvalue weighted by Crippen LogP contribution is -2.52. The highest BCUT2D eigenvalue weighted by molar-refractivity contribution is 5.81. The number of piperazine rings is 1. The lowest BCUT2D eigenvalue weighted by Gasteiger charge is -2.37. The van der Waals surface area contributed by atoms with Crippen LogP contribution in [0, 0.1) is 11.3 Å². The SMILES string of the molecule is C[C@@H](Oc1ccccc1)C(=O)N1CCN(C[C@H](OCc2ccc(C#N)cc2)c2cccc(N3CCCC3)c2)CC1. The minimum Gasteiger partial charge on any atom is -0.481 e. The first-order chi connectivity index (χ1) is 19.6. The van der Waals surface area contributed by atoms with Gasteiger partial charge in [-0.25, -0.2) is 0 Å². The third kappa shape index (κ3) is 7.20. The van der Waals surface area contributed by atoms with Crippen LogP contribution in [0.25, 0.3) is 0 Å². The molecule has 2 atom stereocenters. The van der Waals surface area contributed by atoms with E-state index < -0.39 is 6.10 Å². The molecule has 2 aliphatic heterocycles. The Morgan fingerprint density at radius 3 is 2.33 bits per heavy atom. The van der Waals surface area contributed by atoms with Crippen LogP contribution >= 0.6 is 0 Å². The molecule has 7 nitrogen and oxygen atoms in total. The number of hydrogen-bond donors (Lipinski definition) is 0. The normalized spacial score (nSPS) is 17.3. The molecule has 3 aromatic carbocycles. The highest BCUT2D eigenvalue weighted by atomic mass is 16.5. The molecule has 5 rings (SSSR count). The van der Waals surface area contributed by atoms with Crippen molar-refractivity contribution in [2.24, 2.45) is 0 Å². The smallest absolute Gasteiger partial charge is 0.263 e. The van der Waals surface area contributed by atoms with Gasteiger partial charge in [0, 0.05) is 51.5 Å². The Bertz CT molecular complexity index is 1280. The molecule has 2 aliphatic rings. The third-order valence-corrected chi connectivity index (χ3v) is 7.76. The van der Waals surface area contributed by atoms with Crippen molar-refractivity contribution >= 4 is 11.6 Å². The molecule has 0 unspecified atom stereocenters. The van der Waals surface area contributed by atoms with E-state index in [1.165, 1.54) is 24.1 Å². The highest BCUT2D eigenvalue weighted by Crippen LogP contribution is 2.28. The van der Waals surface area contributed by atoms with Crippen molar-refractivity contribution in [1.82, 2.24) is 9.80 Å². The highest BCUT2D eigenvalue weighted by Gasteiger charge is 2.28. The summed E-state index contributed by atoms with van der Waals surface area (Å²) < 4.78 is 12.4. The molecule has 0 N–H and O–H groups in total. The fraction of sp³-hybridized carbons (Fsp3) is 0.394. The van der Waals surface area contributed by atoms with Crippen LogP contribution in [-0.4, -0.2) is 67.6 Å². The first-order valence-electron chi connectivity index (χ1n) is 14.3. The number of rotatable bonds is 10. The average Bonchev–Trinajstić information content (AvgIpc) is 3.55. The first-order valence-corrected chi connectivity index (χ1v) is 14.3. The van der Waals surface area contributed by atoms with Crippen LogP contribution in [0.1, 0.15) is 42.6 Å². The number of ether oxygens (including phenoxy) is 2. The maximum absolute atomic E-state index is 13.1. The molecule has 0 saturated carbocycles. The molecule has 2 saturated heterocycles. The van der Waals surface area contributed by atoms with E-state index in [2.05, 4.69) is 40.1 Å². The summed E-state index contributed by atoms with van der Waals surface area (Å²) in [4.78, 5) is 19.8. The Morgan fingerprint density at radius 1 is 0.900 bits per heavy atom. The van der Waals surface area contributed by atoms with Gasteiger partial charge >= 0.3 is 0 Å². The number of amides is 1. The topological polar surface area (TPSA) is 69.0 Å². The van der Waals surface area contributed by atoms with Crippen LogP contribution in [0.4, 0.5) is 5.69 Å². The van der Waals surface area contributed by atoms with Gasteiger partial charge in [0.1, 0.15) is 5.75 Å². The van der Waals surface area contributed by atoms with Crippen molar-refractivity contribution in [3.63, 3.8) is 0 Å². The summed E-state index contributed by atoms with van der Waals surface area (Å²) in [6.07, 6.45) is 1.84. The molecular formula is C33H38N4O3. The summed E-state index contributed by atoms with van der Waals surface area (Å²) in [6.45, 7) is 8.13. The van der Waals surface area contributed by atoms with E-state index in [4.69, 9.17) is 14.7 Å². The van der Waals surface area contributed by atoms with Crippen molar-refractivity contribution in [1.29, 1.82) is 5.26 Å². The van der Waals surface area contributed by atoms with Crippen molar-refractivity contribution in [3.8, 4) is 11.8 Å². The van der Waals surface area contributed by atoms with E-state index in [0.29, 0.717) is 31.0 Å². The molecule has 208 valence electrons. The zero-order valence-electron chi connectivity index (χ0n) is 23.2. The number of nitriles is 1. The third-order valence-electron chi connectivity index (χ3n) is 7.76. The number of hydrogen-bond acceptors (Lipinski definition) is 6. The Balaban J connectivity index is 1.22.